The molecule has 0 fully saturated rings. The zero-order valence-electron chi connectivity index (χ0n) is 9.85. The molecule has 0 aromatic heterocycles. The largest absolute Gasteiger partial charge is 0.397 e. The standard InChI is InChI=1S/C12H18BrFN2/c1-4-11(7(2)3)16-12-5-8(13)9(14)6-10(12)15/h5-7,11,16H,4,15H2,1-3H3. The van der Waals surface area contributed by atoms with Gasteiger partial charge in [0.1, 0.15) is 5.82 Å². The van der Waals surface area contributed by atoms with Gasteiger partial charge in [-0.15, -0.1) is 0 Å². The van der Waals surface area contributed by atoms with Crippen LogP contribution < -0.4 is 11.1 Å². The molecule has 2 nitrogen and oxygen atoms in total. The van der Waals surface area contributed by atoms with E-state index in [-0.39, 0.29) is 5.82 Å². The van der Waals surface area contributed by atoms with Crippen molar-refractivity contribution in [3.8, 4) is 0 Å². The number of nitrogens with two attached hydrogens (primary N) is 1. The van der Waals surface area contributed by atoms with Crippen LogP contribution in [0.5, 0.6) is 0 Å². The van der Waals surface area contributed by atoms with E-state index in [0.29, 0.717) is 22.1 Å². The smallest absolute Gasteiger partial charge is 0.139 e. The van der Waals surface area contributed by atoms with Crippen LogP contribution in [-0.2, 0) is 0 Å². The fraction of sp³-hybridized carbons (Fsp3) is 0.500. The first-order chi connectivity index (χ1) is 7.45. The Hall–Kier alpha value is -0.770. The molecule has 0 radical (unpaired) electrons. The molecule has 90 valence electrons. The third-order valence-corrected chi connectivity index (χ3v) is 3.29. The molecule has 0 saturated carbocycles. The van der Waals surface area contributed by atoms with Gasteiger partial charge in [-0.3, -0.25) is 0 Å². The molecule has 1 rings (SSSR count). The normalized spacial score (nSPS) is 12.9. The quantitative estimate of drug-likeness (QED) is 0.822. The number of nitrogen functional groups attached to an aromatic ring is 1. The highest BCUT2D eigenvalue weighted by molar-refractivity contribution is 9.10. The van der Waals surface area contributed by atoms with E-state index in [1.165, 1.54) is 6.07 Å². The molecule has 1 atom stereocenters. The van der Waals surface area contributed by atoms with E-state index in [2.05, 4.69) is 42.0 Å². The molecular formula is C12H18BrFN2. The highest BCUT2D eigenvalue weighted by Gasteiger charge is 2.13. The predicted molar refractivity (Wildman–Crippen MR) is 71.1 cm³/mol. The number of hydrogen-bond donors (Lipinski definition) is 2. The minimum Gasteiger partial charge on any atom is -0.397 e. The van der Waals surface area contributed by atoms with E-state index in [1.807, 2.05) is 0 Å². The Morgan fingerprint density at radius 2 is 2.06 bits per heavy atom. The van der Waals surface area contributed by atoms with E-state index in [9.17, 15) is 4.39 Å². The topological polar surface area (TPSA) is 38.0 Å². The van der Waals surface area contributed by atoms with Crippen LogP contribution in [0, 0.1) is 11.7 Å². The van der Waals surface area contributed by atoms with Crippen LogP contribution in [0.4, 0.5) is 15.8 Å². The number of anilines is 2. The zero-order valence-corrected chi connectivity index (χ0v) is 11.4. The molecule has 16 heavy (non-hydrogen) atoms. The van der Waals surface area contributed by atoms with Crippen LogP contribution in [0.3, 0.4) is 0 Å². The second-order valence-electron chi connectivity index (χ2n) is 4.26. The first-order valence-corrected chi connectivity index (χ1v) is 6.26. The average molecular weight is 289 g/mol. The summed E-state index contributed by atoms with van der Waals surface area (Å²) in [7, 11) is 0. The second kappa shape index (κ2) is 5.53. The summed E-state index contributed by atoms with van der Waals surface area (Å²) in [5.41, 5.74) is 7.00. The van der Waals surface area contributed by atoms with Gasteiger partial charge in [0, 0.05) is 12.1 Å². The summed E-state index contributed by atoms with van der Waals surface area (Å²) in [6, 6.07) is 3.37. The lowest BCUT2D eigenvalue weighted by atomic mass is 10.0. The molecule has 0 spiro atoms. The zero-order chi connectivity index (χ0) is 12.3. The van der Waals surface area contributed by atoms with Gasteiger partial charge in [0.25, 0.3) is 0 Å². The Morgan fingerprint density at radius 1 is 1.44 bits per heavy atom. The monoisotopic (exact) mass is 288 g/mol. The Labute approximate surface area is 105 Å². The van der Waals surface area contributed by atoms with Crippen molar-refractivity contribution in [2.75, 3.05) is 11.1 Å². The molecule has 0 bridgehead atoms. The van der Waals surface area contributed by atoms with Gasteiger partial charge in [0.2, 0.25) is 0 Å². The Morgan fingerprint density at radius 3 is 2.56 bits per heavy atom. The highest BCUT2D eigenvalue weighted by atomic mass is 79.9. The van der Waals surface area contributed by atoms with Crippen molar-refractivity contribution in [3.63, 3.8) is 0 Å². The molecule has 0 heterocycles. The molecule has 0 saturated heterocycles. The predicted octanol–water partition coefficient (Wildman–Crippen LogP) is 4.02. The van der Waals surface area contributed by atoms with Crippen LogP contribution in [-0.4, -0.2) is 6.04 Å². The van der Waals surface area contributed by atoms with Gasteiger partial charge in [-0.1, -0.05) is 20.8 Å². The molecule has 0 aliphatic heterocycles. The molecule has 0 amide bonds. The van der Waals surface area contributed by atoms with Crippen molar-refractivity contribution >= 4 is 27.3 Å². The van der Waals surface area contributed by atoms with E-state index >= 15 is 0 Å². The molecule has 3 N–H and O–H groups in total. The third kappa shape index (κ3) is 3.11. The Balaban J connectivity index is 2.92. The lowest BCUT2D eigenvalue weighted by molar-refractivity contribution is 0.511. The molecule has 1 aromatic rings. The number of benzene rings is 1. The summed E-state index contributed by atoms with van der Waals surface area (Å²) in [5.74, 6) is 0.175. The van der Waals surface area contributed by atoms with Crippen LogP contribution in [0.2, 0.25) is 0 Å². The minimum absolute atomic E-state index is 0.333. The van der Waals surface area contributed by atoms with Crippen molar-refractivity contribution in [3.05, 3.63) is 22.4 Å². The lowest BCUT2D eigenvalue weighted by Gasteiger charge is -2.23. The fourth-order valence-electron chi connectivity index (χ4n) is 1.63. The maximum atomic E-state index is 13.2. The maximum Gasteiger partial charge on any atom is 0.139 e. The van der Waals surface area contributed by atoms with Crippen LogP contribution in [0.15, 0.2) is 16.6 Å². The van der Waals surface area contributed by atoms with Crippen molar-refractivity contribution in [2.45, 2.75) is 33.2 Å². The second-order valence-corrected chi connectivity index (χ2v) is 5.11. The molecule has 0 aliphatic carbocycles. The van der Waals surface area contributed by atoms with E-state index in [4.69, 9.17) is 5.73 Å². The fourth-order valence-corrected chi connectivity index (χ4v) is 1.97. The molecule has 0 aliphatic rings. The number of hydrogen-bond acceptors (Lipinski definition) is 2. The van der Waals surface area contributed by atoms with Crippen molar-refractivity contribution in [1.82, 2.24) is 0 Å². The Bertz CT molecular complexity index is 366. The van der Waals surface area contributed by atoms with Crippen LogP contribution >= 0.6 is 15.9 Å². The number of rotatable bonds is 4. The van der Waals surface area contributed by atoms with Crippen LogP contribution in [0.1, 0.15) is 27.2 Å². The van der Waals surface area contributed by atoms with Crippen LogP contribution in [0.25, 0.3) is 0 Å². The van der Waals surface area contributed by atoms with Gasteiger partial charge in [-0.2, -0.15) is 0 Å². The summed E-state index contributed by atoms with van der Waals surface area (Å²) in [5, 5.41) is 3.34. The van der Waals surface area contributed by atoms with Gasteiger partial charge in [0.05, 0.1) is 15.8 Å². The first kappa shape index (κ1) is 13.3. The summed E-state index contributed by atoms with van der Waals surface area (Å²) < 4.78 is 13.6. The van der Waals surface area contributed by atoms with E-state index < -0.39 is 0 Å². The summed E-state index contributed by atoms with van der Waals surface area (Å²) in [6.07, 6.45) is 1.01. The molecule has 1 aromatic carbocycles. The first-order valence-electron chi connectivity index (χ1n) is 5.46. The summed E-state index contributed by atoms with van der Waals surface area (Å²) in [4.78, 5) is 0. The number of nitrogens with one attached hydrogen (secondary N) is 1. The van der Waals surface area contributed by atoms with Gasteiger partial charge < -0.3 is 11.1 Å². The SMILES string of the molecule is CCC(Nc1cc(Br)c(F)cc1N)C(C)C. The maximum absolute atomic E-state index is 13.2. The lowest BCUT2D eigenvalue weighted by Crippen LogP contribution is -2.25. The summed E-state index contributed by atoms with van der Waals surface area (Å²) >= 11 is 3.16. The van der Waals surface area contributed by atoms with Crippen molar-refractivity contribution < 1.29 is 4.39 Å². The van der Waals surface area contributed by atoms with Gasteiger partial charge in [0.15, 0.2) is 0 Å². The Kier molecular flexibility index (Phi) is 4.59. The number of halogens is 2. The molecule has 1 unspecified atom stereocenters. The minimum atomic E-state index is -0.333. The van der Waals surface area contributed by atoms with E-state index in [0.717, 1.165) is 12.1 Å². The third-order valence-electron chi connectivity index (χ3n) is 2.68. The highest BCUT2D eigenvalue weighted by Crippen LogP contribution is 2.28. The average Bonchev–Trinajstić information content (AvgIpc) is 2.21. The van der Waals surface area contributed by atoms with Gasteiger partial charge in [-0.05, 0) is 34.3 Å². The van der Waals surface area contributed by atoms with Gasteiger partial charge >= 0.3 is 0 Å². The molecular weight excluding hydrogens is 271 g/mol. The molecule has 4 heteroatoms. The van der Waals surface area contributed by atoms with E-state index in [1.54, 1.807) is 6.07 Å². The summed E-state index contributed by atoms with van der Waals surface area (Å²) in [6.45, 7) is 6.41. The van der Waals surface area contributed by atoms with Gasteiger partial charge in [-0.25, -0.2) is 4.39 Å². The van der Waals surface area contributed by atoms with Crippen molar-refractivity contribution in [1.29, 1.82) is 0 Å². The van der Waals surface area contributed by atoms with Crippen molar-refractivity contribution in [2.24, 2.45) is 5.92 Å².